The van der Waals surface area contributed by atoms with Gasteiger partial charge in [0, 0.05) is 32.7 Å². The molecule has 162 valence electrons. The Morgan fingerprint density at radius 2 is 1.93 bits per heavy atom. The smallest absolute Gasteiger partial charge is 0.240 e. The molecule has 1 fully saturated rings. The number of hydrogen-bond acceptors (Lipinski definition) is 7. The van der Waals surface area contributed by atoms with Crippen LogP contribution in [0.2, 0.25) is 0 Å². The van der Waals surface area contributed by atoms with Crippen LogP contribution in [-0.2, 0) is 21.4 Å². The van der Waals surface area contributed by atoms with Crippen LogP contribution in [0.5, 0.6) is 11.5 Å². The molecule has 2 aliphatic heterocycles. The lowest BCUT2D eigenvalue weighted by atomic mass is 10.1. The highest BCUT2D eigenvalue weighted by molar-refractivity contribution is 7.98. The fourth-order valence-corrected chi connectivity index (χ4v) is 4.70. The third-order valence-corrected chi connectivity index (χ3v) is 7.19. The first-order valence-electron chi connectivity index (χ1n) is 9.80. The highest BCUT2D eigenvalue weighted by Crippen LogP contribution is 2.32. The van der Waals surface area contributed by atoms with Gasteiger partial charge in [0.1, 0.15) is 6.04 Å². The molecule has 1 aromatic carbocycles. The van der Waals surface area contributed by atoms with Gasteiger partial charge in [-0.2, -0.15) is 11.8 Å². The van der Waals surface area contributed by atoms with Crippen molar-refractivity contribution < 1.29 is 22.7 Å². The molecule has 1 N–H and O–H groups in total. The van der Waals surface area contributed by atoms with Crippen LogP contribution in [0.15, 0.2) is 18.2 Å². The molecule has 0 spiro atoms. The maximum absolute atomic E-state index is 12.9. The summed E-state index contributed by atoms with van der Waals surface area (Å²) < 4.78 is 37.3. The minimum Gasteiger partial charge on any atom is -0.454 e. The summed E-state index contributed by atoms with van der Waals surface area (Å²) >= 11 is 1.60. The molecule has 0 aliphatic carbocycles. The van der Waals surface area contributed by atoms with E-state index in [0.717, 1.165) is 42.4 Å². The molecule has 3 rings (SSSR count). The van der Waals surface area contributed by atoms with Crippen LogP contribution < -0.4 is 14.2 Å². The summed E-state index contributed by atoms with van der Waals surface area (Å²) in [5.74, 6) is 2.12. The minimum atomic E-state index is -3.43. The van der Waals surface area contributed by atoms with E-state index < -0.39 is 16.1 Å². The van der Waals surface area contributed by atoms with E-state index >= 15 is 0 Å². The van der Waals surface area contributed by atoms with Crippen LogP contribution in [0.4, 0.5) is 0 Å². The molecule has 0 radical (unpaired) electrons. The summed E-state index contributed by atoms with van der Waals surface area (Å²) in [5, 5.41) is 0. The Bertz CT molecular complexity index is 810. The molecular weight excluding hydrogens is 414 g/mol. The third kappa shape index (κ3) is 6.00. The van der Waals surface area contributed by atoms with Crippen LogP contribution in [0.25, 0.3) is 0 Å². The molecule has 10 heteroatoms. The highest BCUT2D eigenvalue weighted by atomic mass is 32.2. The predicted octanol–water partition coefficient (Wildman–Crippen LogP) is 1.12. The minimum absolute atomic E-state index is 0.0284. The van der Waals surface area contributed by atoms with E-state index in [1.165, 1.54) is 0 Å². The van der Waals surface area contributed by atoms with Crippen LogP contribution in [0, 0.1) is 0 Å². The van der Waals surface area contributed by atoms with Crippen molar-refractivity contribution in [2.24, 2.45) is 0 Å². The third-order valence-electron chi connectivity index (χ3n) is 5.14. The van der Waals surface area contributed by atoms with Crippen molar-refractivity contribution in [2.75, 3.05) is 50.7 Å². The number of carbonyl (C=O) groups is 1. The molecule has 1 aromatic rings. The van der Waals surface area contributed by atoms with Crippen molar-refractivity contribution in [3.8, 4) is 11.5 Å². The van der Waals surface area contributed by atoms with Gasteiger partial charge in [-0.15, -0.1) is 0 Å². The predicted molar refractivity (Wildman–Crippen MR) is 114 cm³/mol. The number of fused-ring (bicyclic) bond motifs is 1. The zero-order valence-electron chi connectivity index (χ0n) is 16.9. The van der Waals surface area contributed by atoms with Crippen molar-refractivity contribution in [1.29, 1.82) is 0 Å². The highest BCUT2D eigenvalue weighted by Gasteiger charge is 2.29. The van der Waals surface area contributed by atoms with Gasteiger partial charge in [0.05, 0.1) is 5.75 Å². The largest absolute Gasteiger partial charge is 0.454 e. The van der Waals surface area contributed by atoms with E-state index in [2.05, 4.69) is 9.62 Å². The molecule has 0 bridgehead atoms. The standard InChI is InChI=1S/C19H29N3O5S2/c1-3-29(24,25)20-16(6-11-28-2)19(23)22-9-7-21(8-10-22)13-15-4-5-17-18(12-15)27-14-26-17/h4-5,12,16,20H,3,6-11,13-14H2,1-2H3. The number of carbonyl (C=O) groups excluding carboxylic acids is 1. The van der Waals surface area contributed by atoms with Gasteiger partial charge >= 0.3 is 0 Å². The molecule has 1 unspecified atom stereocenters. The van der Waals surface area contributed by atoms with E-state index in [1.54, 1.807) is 23.6 Å². The average Bonchev–Trinajstić information content (AvgIpc) is 3.19. The van der Waals surface area contributed by atoms with Gasteiger partial charge in [0.2, 0.25) is 22.7 Å². The number of piperazine rings is 1. The SMILES string of the molecule is CCS(=O)(=O)NC(CCSC)C(=O)N1CCN(Cc2ccc3c(c2)OCO3)CC1. The van der Waals surface area contributed by atoms with Gasteiger partial charge in [-0.25, -0.2) is 13.1 Å². The molecule has 1 saturated heterocycles. The Morgan fingerprint density at radius 1 is 1.21 bits per heavy atom. The summed E-state index contributed by atoms with van der Waals surface area (Å²) in [6.45, 7) is 5.29. The van der Waals surface area contributed by atoms with Gasteiger partial charge in [-0.1, -0.05) is 6.07 Å². The summed E-state index contributed by atoms with van der Waals surface area (Å²) in [4.78, 5) is 17.0. The lowest BCUT2D eigenvalue weighted by Gasteiger charge is -2.36. The van der Waals surface area contributed by atoms with E-state index in [9.17, 15) is 13.2 Å². The first-order chi connectivity index (χ1) is 13.9. The number of nitrogens with zero attached hydrogens (tertiary/aromatic N) is 2. The molecule has 8 nitrogen and oxygen atoms in total. The molecule has 2 heterocycles. The molecular formula is C19H29N3O5S2. The van der Waals surface area contributed by atoms with Gasteiger partial charge in [-0.3, -0.25) is 9.69 Å². The second kappa shape index (κ2) is 10.0. The summed E-state index contributed by atoms with van der Waals surface area (Å²) in [6, 6.07) is 5.27. The fourth-order valence-electron chi connectivity index (χ4n) is 3.41. The van der Waals surface area contributed by atoms with Gasteiger partial charge in [0.15, 0.2) is 11.5 Å². The fraction of sp³-hybridized carbons (Fsp3) is 0.632. The van der Waals surface area contributed by atoms with Crippen molar-refractivity contribution in [1.82, 2.24) is 14.5 Å². The quantitative estimate of drug-likeness (QED) is 0.612. The van der Waals surface area contributed by atoms with Gasteiger partial charge in [-0.05, 0) is 43.0 Å². The first kappa shape index (κ1) is 22.2. The van der Waals surface area contributed by atoms with Crippen molar-refractivity contribution in [3.05, 3.63) is 23.8 Å². The molecule has 1 atom stereocenters. The van der Waals surface area contributed by atoms with E-state index in [-0.39, 0.29) is 18.5 Å². The lowest BCUT2D eigenvalue weighted by molar-refractivity contribution is -0.134. The molecule has 0 saturated carbocycles. The van der Waals surface area contributed by atoms with E-state index in [0.29, 0.717) is 19.5 Å². The maximum Gasteiger partial charge on any atom is 0.240 e. The monoisotopic (exact) mass is 443 g/mol. The molecule has 1 amide bonds. The van der Waals surface area contributed by atoms with Crippen LogP contribution in [0.1, 0.15) is 18.9 Å². The summed E-state index contributed by atoms with van der Waals surface area (Å²) in [6.07, 6.45) is 2.45. The van der Waals surface area contributed by atoms with Gasteiger partial charge in [0.25, 0.3) is 0 Å². The van der Waals surface area contributed by atoms with Crippen LogP contribution >= 0.6 is 11.8 Å². The van der Waals surface area contributed by atoms with E-state index in [4.69, 9.17) is 9.47 Å². The number of sulfonamides is 1. The normalized spacial score (nSPS) is 18.1. The topological polar surface area (TPSA) is 88.2 Å². The average molecular weight is 444 g/mol. The number of amides is 1. The van der Waals surface area contributed by atoms with Crippen molar-refractivity contribution in [2.45, 2.75) is 25.9 Å². The van der Waals surface area contributed by atoms with Crippen LogP contribution in [0.3, 0.4) is 0 Å². The Labute approximate surface area is 177 Å². The number of benzene rings is 1. The Morgan fingerprint density at radius 3 is 2.62 bits per heavy atom. The maximum atomic E-state index is 12.9. The Hall–Kier alpha value is -1.49. The summed E-state index contributed by atoms with van der Waals surface area (Å²) in [5.41, 5.74) is 1.14. The summed E-state index contributed by atoms with van der Waals surface area (Å²) in [7, 11) is -3.43. The second-order valence-electron chi connectivity index (χ2n) is 7.14. The van der Waals surface area contributed by atoms with Crippen molar-refractivity contribution in [3.63, 3.8) is 0 Å². The number of nitrogens with one attached hydrogen (secondary N) is 1. The molecule has 2 aliphatic rings. The van der Waals surface area contributed by atoms with Gasteiger partial charge < -0.3 is 14.4 Å². The lowest BCUT2D eigenvalue weighted by Crippen LogP contribution is -2.55. The Balaban J connectivity index is 1.54. The molecule has 29 heavy (non-hydrogen) atoms. The molecule has 0 aromatic heterocycles. The Kier molecular flexibility index (Phi) is 7.66. The number of hydrogen-bond donors (Lipinski definition) is 1. The van der Waals surface area contributed by atoms with Crippen molar-refractivity contribution >= 4 is 27.7 Å². The number of thioether (sulfide) groups is 1. The zero-order valence-corrected chi connectivity index (χ0v) is 18.6. The van der Waals surface area contributed by atoms with E-state index in [1.807, 2.05) is 24.5 Å². The first-order valence-corrected chi connectivity index (χ1v) is 12.8. The second-order valence-corrected chi connectivity index (χ2v) is 10.2. The number of rotatable bonds is 9. The zero-order chi connectivity index (χ0) is 20.9. The number of ether oxygens (including phenoxy) is 2. The van der Waals surface area contributed by atoms with Crippen LogP contribution in [-0.4, -0.2) is 80.9 Å².